The van der Waals surface area contributed by atoms with E-state index in [9.17, 15) is 8.78 Å². The number of nitrogens with zero attached hydrogens (tertiary/aromatic N) is 1. The molecule has 0 aliphatic heterocycles. The number of ether oxygens (including phenoxy) is 1. The van der Waals surface area contributed by atoms with E-state index in [1.54, 1.807) is 7.11 Å². The summed E-state index contributed by atoms with van der Waals surface area (Å²) < 4.78 is 31.4. The fraction of sp³-hybridized carbons (Fsp3) is 0.278. The normalized spacial score (nSPS) is 10.9. The summed E-state index contributed by atoms with van der Waals surface area (Å²) >= 11 is 0. The molecule has 0 aromatic heterocycles. The molecule has 0 radical (unpaired) electrons. The van der Waals surface area contributed by atoms with E-state index in [0.717, 1.165) is 23.8 Å². The summed E-state index contributed by atoms with van der Waals surface area (Å²) in [5.74, 6) is -0.0115. The van der Waals surface area contributed by atoms with Gasteiger partial charge in [-0.05, 0) is 42.2 Å². The van der Waals surface area contributed by atoms with Gasteiger partial charge in [-0.25, -0.2) is 8.78 Å². The van der Waals surface area contributed by atoms with Crippen LogP contribution in [0.15, 0.2) is 47.5 Å². The Kier molecular flexibility index (Phi) is 9.18. The number of guanidine groups is 1. The molecule has 2 rings (SSSR count). The van der Waals surface area contributed by atoms with Crippen molar-refractivity contribution in [3.63, 3.8) is 0 Å². The van der Waals surface area contributed by atoms with Crippen molar-refractivity contribution < 1.29 is 13.5 Å². The number of benzene rings is 2. The van der Waals surface area contributed by atoms with E-state index < -0.39 is 11.6 Å². The van der Waals surface area contributed by atoms with Crippen molar-refractivity contribution in [1.82, 2.24) is 5.32 Å². The molecular weight excluding hydrogens is 439 g/mol. The van der Waals surface area contributed by atoms with Gasteiger partial charge in [0.05, 0.1) is 7.11 Å². The van der Waals surface area contributed by atoms with E-state index in [1.807, 2.05) is 24.3 Å². The number of nitrogens with two attached hydrogens (primary N) is 1. The van der Waals surface area contributed by atoms with Crippen LogP contribution in [0.3, 0.4) is 0 Å². The molecule has 2 aromatic rings. The van der Waals surface area contributed by atoms with Crippen molar-refractivity contribution >= 4 is 29.9 Å². The third kappa shape index (κ3) is 7.25. The molecule has 0 unspecified atom stereocenters. The van der Waals surface area contributed by atoms with Crippen LogP contribution in [0.2, 0.25) is 0 Å². The summed E-state index contributed by atoms with van der Waals surface area (Å²) in [4.78, 5) is 4.14. The van der Waals surface area contributed by atoms with Crippen LogP contribution in [0.5, 0.6) is 5.75 Å². The number of aliphatic imine (C=N–C) groups is 1. The van der Waals surface area contributed by atoms with E-state index in [0.29, 0.717) is 31.0 Å². The van der Waals surface area contributed by atoms with Crippen LogP contribution in [0.1, 0.15) is 11.1 Å². The first-order chi connectivity index (χ1) is 11.6. The van der Waals surface area contributed by atoms with Gasteiger partial charge in [0, 0.05) is 19.2 Å². The lowest BCUT2D eigenvalue weighted by molar-refractivity contribution is 0.414. The van der Waals surface area contributed by atoms with Crippen molar-refractivity contribution in [2.75, 3.05) is 20.2 Å². The number of methoxy groups -OCH3 is 1. The third-order valence-corrected chi connectivity index (χ3v) is 3.56. The van der Waals surface area contributed by atoms with Crippen LogP contribution >= 0.6 is 24.0 Å². The lowest BCUT2D eigenvalue weighted by Crippen LogP contribution is -2.33. The molecule has 0 amide bonds. The average molecular weight is 461 g/mol. The maximum absolute atomic E-state index is 13.5. The quantitative estimate of drug-likeness (QED) is 0.378. The smallest absolute Gasteiger partial charge is 0.188 e. The van der Waals surface area contributed by atoms with Crippen LogP contribution in [0.25, 0.3) is 0 Å². The molecular formula is C18H22F2IN3O. The molecule has 2 aromatic carbocycles. The van der Waals surface area contributed by atoms with Gasteiger partial charge in [0.1, 0.15) is 17.4 Å². The van der Waals surface area contributed by atoms with Gasteiger partial charge in [0.2, 0.25) is 0 Å². The number of halogens is 3. The molecule has 0 spiro atoms. The van der Waals surface area contributed by atoms with Crippen molar-refractivity contribution in [2.45, 2.75) is 12.8 Å². The van der Waals surface area contributed by atoms with E-state index in [-0.39, 0.29) is 24.0 Å². The van der Waals surface area contributed by atoms with Gasteiger partial charge >= 0.3 is 0 Å². The Balaban J connectivity index is 0.00000312. The first-order valence-electron chi connectivity index (χ1n) is 7.69. The van der Waals surface area contributed by atoms with Crippen LogP contribution in [0, 0.1) is 11.6 Å². The van der Waals surface area contributed by atoms with Gasteiger partial charge in [-0.15, -0.1) is 24.0 Å². The predicted molar refractivity (Wildman–Crippen MR) is 107 cm³/mol. The number of nitrogens with one attached hydrogen (secondary N) is 1. The second kappa shape index (κ2) is 10.9. The standard InChI is InChI=1S/C18H21F2N3O.HI/c1-24-16-6-2-13(3-7-16)8-10-22-18(21)23-11-9-14-4-5-15(19)12-17(14)20;/h2-7,12H,8-11H2,1H3,(H3,21,22,23);1H. The molecule has 7 heteroatoms. The molecule has 0 saturated carbocycles. The highest BCUT2D eigenvalue weighted by Gasteiger charge is 2.03. The Morgan fingerprint density at radius 2 is 1.84 bits per heavy atom. The van der Waals surface area contributed by atoms with Crippen molar-refractivity contribution in [3.8, 4) is 5.75 Å². The lowest BCUT2D eigenvalue weighted by atomic mass is 10.1. The predicted octanol–water partition coefficient (Wildman–Crippen LogP) is 3.28. The van der Waals surface area contributed by atoms with Crippen LogP contribution in [0.4, 0.5) is 8.78 Å². The lowest BCUT2D eigenvalue weighted by Gasteiger charge is -2.07. The van der Waals surface area contributed by atoms with Gasteiger partial charge < -0.3 is 15.8 Å². The van der Waals surface area contributed by atoms with Gasteiger partial charge in [-0.2, -0.15) is 0 Å². The summed E-state index contributed by atoms with van der Waals surface area (Å²) in [6.45, 7) is 0.983. The number of rotatable bonds is 7. The molecule has 0 aliphatic carbocycles. The van der Waals surface area contributed by atoms with Gasteiger partial charge in [-0.1, -0.05) is 18.2 Å². The monoisotopic (exact) mass is 461 g/mol. The highest BCUT2D eigenvalue weighted by atomic mass is 127. The minimum absolute atomic E-state index is 0. The van der Waals surface area contributed by atoms with Crippen LogP contribution in [-0.4, -0.2) is 26.2 Å². The van der Waals surface area contributed by atoms with Gasteiger partial charge in [0.15, 0.2) is 5.96 Å². The summed E-state index contributed by atoms with van der Waals surface area (Å²) in [6.07, 6.45) is 1.17. The third-order valence-electron chi connectivity index (χ3n) is 3.56. The molecule has 0 saturated heterocycles. The fourth-order valence-electron chi connectivity index (χ4n) is 2.20. The van der Waals surface area contributed by atoms with E-state index in [2.05, 4.69) is 10.3 Å². The topological polar surface area (TPSA) is 59.6 Å². The molecule has 4 nitrogen and oxygen atoms in total. The molecule has 136 valence electrons. The summed E-state index contributed by atoms with van der Waals surface area (Å²) in [7, 11) is 1.63. The summed E-state index contributed by atoms with van der Waals surface area (Å²) in [5, 5.41) is 3.01. The average Bonchev–Trinajstić information content (AvgIpc) is 2.57. The Hall–Kier alpha value is -1.90. The first kappa shape index (κ1) is 21.1. The van der Waals surface area contributed by atoms with E-state index >= 15 is 0 Å². The van der Waals surface area contributed by atoms with Crippen molar-refractivity contribution in [3.05, 3.63) is 65.2 Å². The highest BCUT2D eigenvalue weighted by molar-refractivity contribution is 14.0. The number of hydrogen-bond donors (Lipinski definition) is 2. The first-order valence-corrected chi connectivity index (χ1v) is 7.69. The van der Waals surface area contributed by atoms with Gasteiger partial charge in [-0.3, -0.25) is 4.99 Å². The zero-order chi connectivity index (χ0) is 17.4. The largest absolute Gasteiger partial charge is 0.497 e. The number of hydrogen-bond acceptors (Lipinski definition) is 2. The van der Waals surface area contributed by atoms with E-state index in [4.69, 9.17) is 10.5 Å². The molecule has 0 heterocycles. The summed E-state index contributed by atoms with van der Waals surface area (Å²) in [6, 6.07) is 11.3. The zero-order valence-electron chi connectivity index (χ0n) is 14.0. The second-order valence-corrected chi connectivity index (χ2v) is 5.28. The van der Waals surface area contributed by atoms with Crippen LogP contribution < -0.4 is 15.8 Å². The maximum atomic E-state index is 13.5. The SMILES string of the molecule is COc1ccc(CCNC(N)=NCCc2ccc(F)cc2F)cc1.I. The molecule has 0 atom stereocenters. The van der Waals surface area contributed by atoms with Crippen molar-refractivity contribution in [2.24, 2.45) is 10.7 Å². The van der Waals surface area contributed by atoms with E-state index in [1.165, 1.54) is 12.1 Å². The second-order valence-electron chi connectivity index (χ2n) is 5.28. The Labute approximate surface area is 163 Å². The molecule has 3 N–H and O–H groups in total. The molecule has 0 fully saturated rings. The highest BCUT2D eigenvalue weighted by Crippen LogP contribution is 2.11. The fourth-order valence-corrected chi connectivity index (χ4v) is 2.20. The van der Waals surface area contributed by atoms with Gasteiger partial charge in [0.25, 0.3) is 0 Å². The minimum atomic E-state index is -0.584. The molecule has 25 heavy (non-hydrogen) atoms. The molecule has 0 aliphatic rings. The van der Waals surface area contributed by atoms with Crippen molar-refractivity contribution in [1.29, 1.82) is 0 Å². The minimum Gasteiger partial charge on any atom is -0.497 e. The zero-order valence-corrected chi connectivity index (χ0v) is 16.3. The Morgan fingerprint density at radius 3 is 2.48 bits per heavy atom. The Bertz CT molecular complexity index is 693. The maximum Gasteiger partial charge on any atom is 0.188 e. The van der Waals surface area contributed by atoms with Crippen LogP contribution in [-0.2, 0) is 12.8 Å². The Morgan fingerprint density at radius 1 is 1.12 bits per heavy atom. The molecule has 0 bridgehead atoms. The summed E-state index contributed by atoms with van der Waals surface area (Å²) in [5.41, 5.74) is 7.35.